The van der Waals surface area contributed by atoms with Gasteiger partial charge in [0.1, 0.15) is 22.3 Å². The van der Waals surface area contributed by atoms with E-state index in [1.165, 1.54) is 13.8 Å². The first kappa shape index (κ1) is 32.3. The lowest BCUT2D eigenvalue weighted by Crippen LogP contribution is -2.57. The van der Waals surface area contributed by atoms with Crippen molar-refractivity contribution in [2.75, 3.05) is 21.5 Å². The second-order valence-corrected chi connectivity index (χ2v) is 13.5. The number of carbonyl (C=O) groups is 1. The van der Waals surface area contributed by atoms with Gasteiger partial charge < -0.3 is 9.84 Å². The lowest BCUT2D eigenvalue weighted by Gasteiger charge is -2.42. The number of benzene rings is 1. The maximum atomic E-state index is 13.9. The van der Waals surface area contributed by atoms with Gasteiger partial charge in [-0.1, -0.05) is 0 Å². The second-order valence-electron chi connectivity index (χ2n) is 9.61. The van der Waals surface area contributed by atoms with Crippen LogP contribution in [0.25, 0.3) is 0 Å². The summed E-state index contributed by atoms with van der Waals surface area (Å²) in [6.07, 6.45) is -7.66. The first-order valence-electron chi connectivity index (χ1n) is 11.9. The summed E-state index contributed by atoms with van der Waals surface area (Å²) in [5.41, 5.74) is -4.26. The van der Waals surface area contributed by atoms with Crippen molar-refractivity contribution in [2.45, 2.75) is 69.9 Å². The molecule has 230 valence electrons. The number of alkyl halides is 5. The molecule has 0 radical (unpaired) electrons. The molecule has 2 heterocycles. The van der Waals surface area contributed by atoms with E-state index in [1.807, 2.05) is 0 Å². The predicted molar refractivity (Wildman–Crippen MR) is 136 cm³/mol. The molecule has 0 aliphatic carbocycles. The number of nitrogens with zero attached hydrogens (tertiary/aromatic N) is 4. The lowest BCUT2D eigenvalue weighted by molar-refractivity contribution is -0.175. The highest BCUT2D eigenvalue weighted by Gasteiger charge is 2.54. The molecule has 1 aliphatic rings. The van der Waals surface area contributed by atoms with Gasteiger partial charge in [-0.05, 0) is 52.8 Å². The third-order valence-corrected chi connectivity index (χ3v) is 9.93. The molecule has 1 aromatic heterocycles. The highest BCUT2D eigenvalue weighted by Crippen LogP contribution is 2.45. The van der Waals surface area contributed by atoms with Gasteiger partial charge in [0, 0.05) is 6.54 Å². The Bertz CT molecular complexity index is 1530. The number of aryl methyl sites for hydroxylation is 1. The quantitative estimate of drug-likeness (QED) is 0.397. The number of rotatable bonds is 9. The maximum Gasteiger partial charge on any atom is 0.412 e. The van der Waals surface area contributed by atoms with Gasteiger partial charge in [0.05, 0.1) is 35.1 Å². The molecule has 0 spiro atoms. The third-order valence-electron chi connectivity index (χ3n) is 6.56. The molecule has 12 nitrogen and oxygen atoms in total. The standard InChI is InChI=1S/C22H28F5N5O7S2/c1-6-40(35,36)28-10-17-13(3)32(41(37,38)18-11-30(19(23)24)29-12(18)2)15-9-14(7-8-16(15)39-17)31(20(33)34)21(4,5)22(25,26)27/h7-9,11,13,17,19,28H,6,10H2,1-5H3,(H,33,34)/t13-,17+/m1/s1. The molecule has 0 unspecified atom stereocenters. The number of ether oxygens (including phenoxy) is 1. The Balaban J connectivity index is 2.25. The molecule has 0 saturated heterocycles. The van der Waals surface area contributed by atoms with Crippen LogP contribution in [-0.4, -0.2) is 74.0 Å². The Hall–Kier alpha value is -3.19. The summed E-state index contributed by atoms with van der Waals surface area (Å²) in [5, 5.41) is 13.2. The monoisotopic (exact) mass is 633 g/mol. The van der Waals surface area contributed by atoms with Crippen molar-refractivity contribution < 1.29 is 53.4 Å². The van der Waals surface area contributed by atoms with Crippen LogP contribution in [0, 0.1) is 6.92 Å². The topological polar surface area (TPSA) is 151 Å². The molecule has 41 heavy (non-hydrogen) atoms. The van der Waals surface area contributed by atoms with E-state index < -0.39 is 79.4 Å². The fourth-order valence-electron chi connectivity index (χ4n) is 4.14. The molecule has 2 aromatic rings. The summed E-state index contributed by atoms with van der Waals surface area (Å²) >= 11 is 0. The zero-order valence-electron chi connectivity index (χ0n) is 22.3. The predicted octanol–water partition coefficient (Wildman–Crippen LogP) is 3.70. The molecule has 19 heteroatoms. The van der Waals surface area contributed by atoms with E-state index in [4.69, 9.17) is 4.74 Å². The maximum absolute atomic E-state index is 13.9. The number of carboxylic acid groups (broad SMARTS) is 1. The van der Waals surface area contributed by atoms with Crippen molar-refractivity contribution in [2.24, 2.45) is 0 Å². The van der Waals surface area contributed by atoms with Gasteiger partial charge >= 0.3 is 18.8 Å². The Morgan fingerprint density at radius 1 is 1.22 bits per heavy atom. The molecule has 1 amide bonds. The van der Waals surface area contributed by atoms with E-state index in [2.05, 4.69) is 9.82 Å². The van der Waals surface area contributed by atoms with Gasteiger partial charge in [0.2, 0.25) is 10.0 Å². The van der Waals surface area contributed by atoms with Crippen molar-refractivity contribution >= 4 is 37.5 Å². The smallest absolute Gasteiger partial charge is 0.412 e. The van der Waals surface area contributed by atoms with Gasteiger partial charge in [-0.3, -0.25) is 9.21 Å². The molecule has 2 N–H and O–H groups in total. The number of nitrogens with one attached hydrogen (secondary N) is 1. The minimum absolute atomic E-state index is 0.00425. The van der Waals surface area contributed by atoms with Crippen LogP contribution >= 0.6 is 0 Å². The van der Waals surface area contributed by atoms with Gasteiger partial charge in [0.15, 0.2) is 0 Å². The highest BCUT2D eigenvalue weighted by atomic mass is 32.2. The summed E-state index contributed by atoms with van der Waals surface area (Å²) in [7, 11) is -8.58. The zero-order chi connectivity index (χ0) is 31.3. The largest absolute Gasteiger partial charge is 0.485 e. The van der Waals surface area contributed by atoms with Gasteiger partial charge in [-0.25, -0.2) is 31.0 Å². The van der Waals surface area contributed by atoms with E-state index in [0.717, 1.165) is 25.1 Å². The lowest BCUT2D eigenvalue weighted by atomic mass is 10.0. The molecule has 2 atom stereocenters. The zero-order valence-corrected chi connectivity index (χ0v) is 24.0. The number of halogens is 5. The van der Waals surface area contributed by atoms with E-state index in [0.29, 0.717) is 24.3 Å². The van der Waals surface area contributed by atoms with Gasteiger partial charge in [-0.2, -0.15) is 27.1 Å². The summed E-state index contributed by atoms with van der Waals surface area (Å²) in [6, 6.07) is 1.59. The number of fused-ring (bicyclic) bond motifs is 1. The number of hydrogen-bond donors (Lipinski definition) is 2. The van der Waals surface area contributed by atoms with Crippen LogP contribution in [0.1, 0.15) is 39.9 Å². The fraction of sp³-hybridized carbons (Fsp3) is 0.545. The molecule has 0 fully saturated rings. The Morgan fingerprint density at radius 2 is 1.83 bits per heavy atom. The average Bonchev–Trinajstić information content (AvgIpc) is 3.24. The summed E-state index contributed by atoms with van der Waals surface area (Å²) in [6.45, 7) is 1.43. The van der Waals surface area contributed by atoms with Crippen LogP contribution in [0.5, 0.6) is 5.75 Å². The molecular weight excluding hydrogens is 605 g/mol. The Kier molecular flexibility index (Phi) is 8.59. The fourth-order valence-corrected chi connectivity index (χ4v) is 6.61. The molecule has 0 saturated carbocycles. The van der Waals surface area contributed by atoms with Crippen LogP contribution in [0.15, 0.2) is 29.3 Å². The van der Waals surface area contributed by atoms with Crippen molar-refractivity contribution in [3.63, 3.8) is 0 Å². The summed E-state index contributed by atoms with van der Waals surface area (Å²) in [4.78, 5) is 11.4. The number of anilines is 2. The van der Waals surface area contributed by atoms with Crippen molar-refractivity contribution in [3.8, 4) is 5.75 Å². The van der Waals surface area contributed by atoms with Crippen LogP contribution < -0.4 is 18.7 Å². The van der Waals surface area contributed by atoms with Crippen LogP contribution in [0.3, 0.4) is 0 Å². The average molecular weight is 634 g/mol. The molecule has 3 rings (SSSR count). The SMILES string of the molecule is CCS(=O)(=O)NC[C@@H]1Oc2ccc(N(C(=O)O)C(C)(C)C(F)(F)F)cc2N(S(=O)(=O)c2cn(C(F)F)nc2C)[C@@H]1C. The Morgan fingerprint density at radius 3 is 2.32 bits per heavy atom. The molecule has 1 aliphatic heterocycles. The molecular formula is C22H28F5N5O7S2. The minimum Gasteiger partial charge on any atom is -0.485 e. The summed E-state index contributed by atoms with van der Waals surface area (Å²) < 4.78 is 129. The first-order chi connectivity index (χ1) is 18.7. The van der Waals surface area contributed by atoms with Crippen molar-refractivity contribution in [3.05, 3.63) is 30.1 Å². The van der Waals surface area contributed by atoms with E-state index in [1.54, 1.807) is 0 Å². The highest BCUT2D eigenvalue weighted by molar-refractivity contribution is 7.93. The van der Waals surface area contributed by atoms with Crippen molar-refractivity contribution in [1.29, 1.82) is 0 Å². The van der Waals surface area contributed by atoms with Crippen LogP contribution in [-0.2, 0) is 20.0 Å². The Labute approximate surface area is 232 Å². The minimum atomic E-state index is -5.04. The number of hydrogen-bond acceptors (Lipinski definition) is 7. The molecule has 0 bridgehead atoms. The van der Waals surface area contributed by atoms with Crippen LogP contribution in [0.2, 0.25) is 0 Å². The van der Waals surface area contributed by atoms with Crippen LogP contribution in [0.4, 0.5) is 38.1 Å². The third kappa shape index (κ3) is 6.06. The van der Waals surface area contributed by atoms with Gasteiger partial charge in [-0.15, -0.1) is 0 Å². The van der Waals surface area contributed by atoms with E-state index in [-0.39, 0.29) is 26.8 Å². The number of amides is 1. The number of aromatic nitrogens is 2. The van der Waals surface area contributed by atoms with E-state index in [9.17, 15) is 48.7 Å². The number of sulfonamides is 2. The van der Waals surface area contributed by atoms with E-state index >= 15 is 0 Å². The summed E-state index contributed by atoms with van der Waals surface area (Å²) in [5.74, 6) is -0.549. The normalized spacial score (nSPS) is 18.3. The first-order valence-corrected chi connectivity index (χ1v) is 15.0. The van der Waals surface area contributed by atoms with Crippen molar-refractivity contribution in [1.82, 2.24) is 14.5 Å². The molecule has 1 aromatic carbocycles. The second kappa shape index (κ2) is 10.9. The van der Waals surface area contributed by atoms with Gasteiger partial charge in [0.25, 0.3) is 10.0 Å².